The first-order valence-corrected chi connectivity index (χ1v) is 7.12. The number of amides is 1. The number of piperidine rings is 1. The molecule has 1 N–H and O–H groups in total. The van der Waals surface area contributed by atoms with Crippen LogP contribution in [0.2, 0.25) is 0 Å². The Morgan fingerprint density at radius 3 is 2.67 bits per heavy atom. The first-order valence-electron chi connectivity index (χ1n) is 7.12. The molecule has 1 heterocycles. The van der Waals surface area contributed by atoms with Crippen molar-refractivity contribution in [2.75, 3.05) is 33.4 Å². The van der Waals surface area contributed by atoms with Crippen LogP contribution in [0.5, 0.6) is 0 Å². The molecule has 0 aliphatic carbocycles. The van der Waals surface area contributed by atoms with Gasteiger partial charge in [0.1, 0.15) is 0 Å². The second-order valence-corrected chi connectivity index (χ2v) is 5.31. The van der Waals surface area contributed by atoms with Crippen LogP contribution in [-0.2, 0) is 9.53 Å². The molecule has 0 aromatic carbocycles. The van der Waals surface area contributed by atoms with Crippen molar-refractivity contribution in [1.82, 2.24) is 10.2 Å². The molecule has 0 bridgehead atoms. The Bertz CT molecular complexity index is 263. The van der Waals surface area contributed by atoms with E-state index in [2.05, 4.69) is 19.2 Å². The molecule has 0 radical (unpaired) electrons. The van der Waals surface area contributed by atoms with Crippen LogP contribution in [0, 0.1) is 5.41 Å². The number of hydrogen-bond acceptors (Lipinski definition) is 3. The zero-order valence-electron chi connectivity index (χ0n) is 12.3. The number of nitrogens with one attached hydrogen (secondary N) is 1. The summed E-state index contributed by atoms with van der Waals surface area (Å²) in [6.45, 7) is 9.44. The second-order valence-electron chi connectivity index (χ2n) is 5.31. The van der Waals surface area contributed by atoms with Crippen LogP contribution in [-0.4, -0.2) is 50.2 Å². The number of hydrogen-bond donors (Lipinski definition) is 1. The predicted molar refractivity (Wildman–Crippen MR) is 73.6 cm³/mol. The fraction of sp³-hybridized carbons (Fsp3) is 0.929. The summed E-state index contributed by atoms with van der Waals surface area (Å²) in [5, 5.41) is 3.38. The highest BCUT2D eigenvalue weighted by atomic mass is 16.5. The summed E-state index contributed by atoms with van der Waals surface area (Å²) in [7, 11) is 1.69. The molecular formula is C14H28N2O2. The molecule has 106 valence electrons. The highest BCUT2D eigenvalue weighted by Crippen LogP contribution is 2.32. The van der Waals surface area contributed by atoms with E-state index in [1.54, 1.807) is 7.11 Å². The third kappa shape index (κ3) is 3.23. The van der Waals surface area contributed by atoms with E-state index in [0.717, 1.165) is 38.9 Å². The van der Waals surface area contributed by atoms with Gasteiger partial charge < -0.3 is 15.0 Å². The lowest BCUT2D eigenvalue weighted by Gasteiger charge is -2.41. The van der Waals surface area contributed by atoms with Crippen LogP contribution in [0.25, 0.3) is 0 Å². The van der Waals surface area contributed by atoms with Crippen molar-refractivity contribution in [2.45, 2.75) is 46.1 Å². The van der Waals surface area contributed by atoms with E-state index < -0.39 is 0 Å². The van der Waals surface area contributed by atoms with Crippen molar-refractivity contribution in [3.63, 3.8) is 0 Å². The Morgan fingerprint density at radius 2 is 2.22 bits per heavy atom. The Balaban J connectivity index is 2.80. The molecule has 1 aliphatic rings. The molecule has 2 unspecified atom stereocenters. The summed E-state index contributed by atoms with van der Waals surface area (Å²) < 4.78 is 5.18. The van der Waals surface area contributed by atoms with Gasteiger partial charge in [0.25, 0.3) is 0 Å². The van der Waals surface area contributed by atoms with Crippen LogP contribution >= 0.6 is 0 Å². The average molecular weight is 256 g/mol. The molecule has 0 saturated carbocycles. The smallest absolute Gasteiger partial charge is 0.230 e. The molecule has 0 spiro atoms. The van der Waals surface area contributed by atoms with Crippen LogP contribution in [0.1, 0.15) is 40.0 Å². The summed E-state index contributed by atoms with van der Waals surface area (Å²) in [4.78, 5) is 14.8. The minimum atomic E-state index is -0.198. The maximum atomic E-state index is 12.8. The quantitative estimate of drug-likeness (QED) is 0.785. The summed E-state index contributed by atoms with van der Waals surface area (Å²) in [6, 6.07) is 0.151. The molecule has 18 heavy (non-hydrogen) atoms. The normalized spacial score (nSPS) is 25.8. The molecule has 4 nitrogen and oxygen atoms in total. The van der Waals surface area contributed by atoms with E-state index in [-0.39, 0.29) is 11.5 Å². The highest BCUT2D eigenvalue weighted by Gasteiger charge is 2.41. The second kappa shape index (κ2) is 7.10. The summed E-state index contributed by atoms with van der Waals surface area (Å²) in [5.74, 6) is 0.296. The topological polar surface area (TPSA) is 41.6 Å². The monoisotopic (exact) mass is 256 g/mol. The Labute approximate surface area is 111 Å². The van der Waals surface area contributed by atoms with Gasteiger partial charge in [0.05, 0.1) is 18.1 Å². The third-order valence-electron chi connectivity index (χ3n) is 4.14. The van der Waals surface area contributed by atoms with Crippen LogP contribution in [0.15, 0.2) is 0 Å². The summed E-state index contributed by atoms with van der Waals surface area (Å²) in [6.07, 6.45) is 3.01. The standard InChI is InChI=1S/C14H28N2O2/c1-5-14(8-7-9-15-11-14)13(17)16(6-2)12(3)10-18-4/h12,15H,5-11H2,1-4H3. The highest BCUT2D eigenvalue weighted by molar-refractivity contribution is 5.83. The van der Waals surface area contributed by atoms with E-state index in [9.17, 15) is 4.79 Å². The van der Waals surface area contributed by atoms with E-state index in [1.807, 2.05) is 11.8 Å². The lowest BCUT2D eigenvalue weighted by atomic mass is 9.77. The Kier molecular flexibility index (Phi) is 6.09. The number of carbonyl (C=O) groups is 1. The van der Waals surface area contributed by atoms with Gasteiger partial charge in [0.15, 0.2) is 0 Å². The number of nitrogens with zero attached hydrogens (tertiary/aromatic N) is 1. The van der Waals surface area contributed by atoms with Crippen molar-refractivity contribution < 1.29 is 9.53 Å². The van der Waals surface area contributed by atoms with E-state index in [0.29, 0.717) is 12.5 Å². The van der Waals surface area contributed by atoms with Crippen LogP contribution in [0.3, 0.4) is 0 Å². The van der Waals surface area contributed by atoms with E-state index in [1.165, 1.54) is 0 Å². The van der Waals surface area contributed by atoms with Gasteiger partial charge in [-0.2, -0.15) is 0 Å². The van der Waals surface area contributed by atoms with Crippen molar-refractivity contribution in [1.29, 1.82) is 0 Å². The van der Waals surface area contributed by atoms with Crippen molar-refractivity contribution in [3.8, 4) is 0 Å². The zero-order valence-corrected chi connectivity index (χ0v) is 12.3. The number of rotatable bonds is 6. The van der Waals surface area contributed by atoms with Crippen LogP contribution < -0.4 is 5.32 Å². The van der Waals surface area contributed by atoms with E-state index >= 15 is 0 Å². The van der Waals surface area contributed by atoms with Crippen molar-refractivity contribution >= 4 is 5.91 Å². The molecule has 1 saturated heterocycles. The third-order valence-corrected chi connectivity index (χ3v) is 4.14. The van der Waals surface area contributed by atoms with Gasteiger partial charge in [-0.25, -0.2) is 0 Å². The number of carbonyl (C=O) groups excluding carboxylic acids is 1. The Hall–Kier alpha value is -0.610. The molecule has 1 rings (SSSR count). The lowest BCUT2D eigenvalue weighted by molar-refractivity contribution is -0.146. The average Bonchev–Trinajstić information content (AvgIpc) is 2.40. The molecular weight excluding hydrogens is 228 g/mol. The number of likely N-dealkylation sites (N-methyl/N-ethyl adjacent to an activating group) is 1. The van der Waals surface area contributed by atoms with Gasteiger partial charge in [0, 0.05) is 20.2 Å². The first-order chi connectivity index (χ1) is 8.61. The molecule has 1 fully saturated rings. The minimum Gasteiger partial charge on any atom is -0.383 e. The van der Waals surface area contributed by atoms with Gasteiger partial charge >= 0.3 is 0 Å². The molecule has 0 aromatic rings. The summed E-state index contributed by atoms with van der Waals surface area (Å²) >= 11 is 0. The molecule has 1 aliphatic heterocycles. The lowest BCUT2D eigenvalue weighted by Crippen LogP contribution is -2.54. The van der Waals surface area contributed by atoms with Gasteiger partial charge in [-0.15, -0.1) is 0 Å². The van der Waals surface area contributed by atoms with Crippen molar-refractivity contribution in [2.24, 2.45) is 5.41 Å². The molecule has 0 aromatic heterocycles. The Morgan fingerprint density at radius 1 is 1.50 bits per heavy atom. The van der Waals surface area contributed by atoms with Gasteiger partial charge in [-0.05, 0) is 39.7 Å². The van der Waals surface area contributed by atoms with Crippen LogP contribution in [0.4, 0.5) is 0 Å². The number of methoxy groups -OCH3 is 1. The van der Waals surface area contributed by atoms with Gasteiger partial charge in [-0.1, -0.05) is 6.92 Å². The van der Waals surface area contributed by atoms with Crippen molar-refractivity contribution in [3.05, 3.63) is 0 Å². The van der Waals surface area contributed by atoms with E-state index in [4.69, 9.17) is 4.74 Å². The summed E-state index contributed by atoms with van der Waals surface area (Å²) in [5.41, 5.74) is -0.198. The number of ether oxygens (including phenoxy) is 1. The maximum Gasteiger partial charge on any atom is 0.230 e. The minimum absolute atomic E-state index is 0.151. The predicted octanol–water partition coefficient (Wildman–Crippen LogP) is 1.65. The molecule has 4 heteroatoms. The molecule has 1 amide bonds. The van der Waals surface area contributed by atoms with Gasteiger partial charge in [0.2, 0.25) is 5.91 Å². The zero-order chi connectivity index (χ0) is 13.6. The fourth-order valence-electron chi connectivity index (χ4n) is 2.89. The largest absolute Gasteiger partial charge is 0.383 e. The molecule has 2 atom stereocenters. The van der Waals surface area contributed by atoms with Gasteiger partial charge in [-0.3, -0.25) is 4.79 Å². The maximum absolute atomic E-state index is 12.8. The SMILES string of the molecule is CCN(C(=O)C1(CC)CCCNC1)C(C)COC. The fourth-order valence-corrected chi connectivity index (χ4v) is 2.89. The first kappa shape index (κ1) is 15.4.